The van der Waals surface area contributed by atoms with Gasteiger partial charge < -0.3 is 14.8 Å². The summed E-state index contributed by atoms with van der Waals surface area (Å²) in [5, 5.41) is 24.4. The van der Waals surface area contributed by atoms with E-state index in [1.807, 2.05) is 48.5 Å². The first kappa shape index (κ1) is 22.0. The van der Waals surface area contributed by atoms with E-state index in [2.05, 4.69) is 37.5 Å². The molecule has 166 valence electrons. The lowest BCUT2D eigenvalue weighted by molar-refractivity contribution is 0.278. The average Bonchev–Trinajstić information content (AvgIpc) is 3.48. The molecule has 0 aliphatic carbocycles. The Morgan fingerprint density at radius 2 is 1.88 bits per heavy atom. The van der Waals surface area contributed by atoms with Gasteiger partial charge in [0.15, 0.2) is 5.15 Å². The van der Waals surface area contributed by atoms with Gasteiger partial charge in [0, 0.05) is 12.0 Å². The predicted octanol–water partition coefficient (Wildman–Crippen LogP) is 4.29. The van der Waals surface area contributed by atoms with E-state index in [1.165, 1.54) is 0 Å². The van der Waals surface area contributed by atoms with Crippen LogP contribution >= 0.6 is 11.6 Å². The number of benzene rings is 2. The number of aliphatic hydroxyl groups excluding tert-OH is 1. The Morgan fingerprint density at radius 1 is 1.09 bits per heavy atom. The second kappa shape index (κ2) is 10.4. The Morgan fingerprint density at radius 3 is 2.53 bits per heavy atom. The van der Waals surface area contributed by atoms with E-state index in [-0.39, 0.29) is 12.5 Å². The van der Waals surface area contributed by atoms with E-state index in [0.29, 0.717) is 17.6 Å². The first-order valence-corrected chi connectivity index (χ1v) is 11.0. The van der Waals surface area contributed by atoms with Crippen molar-refractivity contribution in [2.75, 3.05) is 6.61 Å². The molecule has 0 saturated carbocycles. The Balaban J connectivity index is 1.39. The standard InChI is InChI=1S/C23H25ClN6O2/c1-2-3-4-20-25-21(22(24)26-20)19(13-31)16-9-11-18(12-10-16)32-14-15-5-7-17(8-6-15)23-27-29-30-28-23/h5-12,19,31H,2-4,13-14H2,1H3,(H,25,26)(H,27,28,29,30). The lowest BCUT2D eigenvalue weighted by Crippen LogP contribution is -2.07. The second-order valence-corrected chi connectivity index (χ2v) is 7.87. The number of nitrogens with zero attached hydrogens (tertiary/aromatic N) is 4. The van der Waals surface area contributed by atoms with Crippen LogP contribution in [-0.4, -0.2) is 42.3 Å². The minimum absolute atomic E-state index is 0.0674. The molecule has 3 N–H and O–H groups in total. The highest BCUT2D eigenvalue weighted by molar-refractivity contribution is 6.30. The number of ether oxygens (including phenoxy) is 1. The van der Waals surface area contributed by atoms with Gasteiger partial charge in [-0.05, 0) is 34.9 Å². The molecule has 4 rings (SSSR count). The van der Waals surface area contributed by atoms with E-state index in [4.69, 9.17) is 16.3 Å². The van der Waals surface area contributed by atoms with Crippen LogP contribution in [0.3, 0.4) is 0 Å². The van der Waals surface area contributed by atoms with Crippen LogP contribution in [0.15, 0.2) is 48.5 Å². The SMILES string of the molecule is CCCCc1nc(Cl)c(C(CO)c2ccc(OCc3ccc(-c4nn[nH]n4)cc3)cc2)[nH]1. The van der Waals surface area contributed by atoms with Gasteiger partial charge in [-0.15, -0.1) is 10.2 Å². The van der Waals surface area contributed by atoms with E-state index >= 15 is 0 Å². The van der Waals surface area contributed by atoms with E-state index in [9.17, 15) is 5.11 Å². The highest BCUT2D eigenvalue weighted by Gasteiger charge is 2.20. The van der Waals surface area contributed by atoms with Crippen molar-refractivity contribution in [1.82, 2.24) is 30.6 Å². The van der Waals surface area contributed by atoms with E-state index in [1.54, 1.807) is 0 Å². The smallest absolute Gasteiger partial charge is 0.204 e. The van der Waals surface area contributed by atoms with Gasteiger partial charge >= 0.3 is 0 Å². The number of halogens is 1. The van der Waals surface area contributed by atoms with Crippen molar-refractivity contribution in [2.45, 2.75) is 38.7 Å². The van der Waals surface area contributed by atoms with Crippen molar-refractivity contribution in [1.29, 1.82) is 0 Å². The molecule has 0 aliphatic rings. The molecular weight excluding hydrogens is 428 g/mol. The maximum Gasteiger partial charge on any atom is 0.204 e. The maximum atomic E-state index is 10.0. The van der Waals surface area contributed by atoms with Crippen LogP contribution in [0.1, 0.15) is 48.3 Å². The summed E-state index contributed by atoms with van der Waals surface area (Å²) in [5.41, 5.74) is 3.60. The van der Waals surface area contributed by atoms with Gasteiger partial charge in [0.05, 0.1) is 18.2 Å². The van der Waals surface area contributed by atoms with Crippen molar-refractivity contribution in [2.24, 2.45) is 0 Å². The number of hydrogen-bond donors (Lipinski definition) is 3. The molecule has 0 bridgehead atoms. The number of aromatic amines is 2. The van der Waals surface area contributed by atoms with Crippen molar-refractivity contribution >= 4 is 11.6 Å². The zero-order valence-corrected chi connectivity index (χ0v) is 18.5. The summed E-state index contributed by atoms with van der Waals surface area (Å²) >= 11 is 6.35. The van der Waals surface area contributed by atoms with Gasteiger partial charge in [0.25, 0.3) is 0 Å². The van der Waals surface area contributed by atoms with Crippen molar-refractivity contribution in [3.8, 4) is 17.1 Å². The summed E-state index contributed by atoms with van der Waals surface area (Å²) in [7, 11) is 0. The lowest BCUT2D eigenvalue weighted by Gasteiger charge is -2.14. The largest absolute Gasteiger partial charge is 0.489 e. The molecular formula is C23H25ClN6O2. The molecule has 0 fully saturated rings. The van der Waals surface area contributed by atoms with Crippen molar-refractivity contribution < 1.29 is 9.84 Å². The number of imidazole rings is 1. The Bertz CT molecular complexity index is 1110. The van der Waals surface area contributed by atoms with Gasteiger partial charge in [-0.25, -0.2) is 4.98 Å². The Hall–Kier alpha value is -3.23. The number of aromatic nitrogens is 6. The zero-order chi connectivity index (χ0) is 22.3. The molecule has 0 aliphatic heterocycles. The molecule has 0 spiro atoms. The molecule has 2 aromatic heterocycles. The van der Waals surface area contributed by atoms with Gasteiger partial charge in [-0.3, -0.25) is 0 Å². The van der Waals surface area contributed by atoms with Crippen LogP contribution in [0.25, 0.3) is 11.4 Å². The number of aryl methyl sites for hydroxylation is 1. The molecule has 4 aromatic rings. The molecule has 2 aromatic carbocycles. The van der Waals surface area contributed by atoms with Crippen LogP contribution in [0.2, 0.25) is 5.15 Å². The van der Waals surface area contributed by atoms with Gasteiger partial charge in [-0.1, -0.05) is 61.3 Å². The number of aliphatic hydroxyl groups is 1. The molecule has 0 amide bonds. The first-order chi connectivity index (χ1) is 15.7. The number of nitrogens with one attached hydrogen (secondary N) is 2. The zero-order valence-electron chi connectivity index (χ0n) is 17.8. The first-order valence-electron chi connectivity index (χ1n) is 10.6. The molecule has 1 unspecified atom stereocenters. The van der Waals surface area contributed by atoms with E-state index in [0.717, 1.165) is 53.2 Å². The van der Waals surface area contributed by atoms with Crippen molar-refractivity contribution in [3.63, 3.8) is 0 Å². The van der Waals surface area contributed by atoms with Crippen molar-refractivity contribution in [3.05, 3.63) is 76.3 Å². The molecule has 1 atom stereocenters. The average molecular weight is 453 g/mol. The Labute approximate surface area is 191 Å². The summed E-state index contributed by atoms with van der Waals surface area (Å²) in [6.07, 6.45) is 2.97. The highest BCUT2D eigenvalue weighted by Crippen LogP contribution is 2.30. The summed E-state index contributed by atoms with van der Waals surface area (Å²) < 4.78 is 5.91. The topological polar surface area (TPSA) is 113 Å². The highest BCUT2D eigenvalue weighted by atomic mass is 35.5. The molecule has 2 heterocycles. The predicted molar refractivity (Wildman–Crippen MR) is 122 cm³/mol. The third-order valence-electron chi connectivity index (χ3n) is 5.28. The maximum absolute atomic E-state index is 10.0. The monoisotopic (exact) mass is 452 g/mol. The van der Waals surface area contributed by atoms with Crippen LogP contribution in [0.5, 0.6) is 5.75 Å². The minimum atomic E-state index is -0.267. The second-order valence-electron chi connectivity index (χ2n) is 7.52. The summed E-state index contributed by atoms with van der Waals surface area (Å²) in [6, 6.07) is 15.5. The third-order valence-corrected chi connectivity index (χ3v) is 5.57. The normalized spacial score (nSPS) is 12.1. The van der Waals surface area contributed by atoms with Gasteiger partial charge in [-0.2, -0.15) is 5.21 Å². The fourth-order valence-electron chi connectivity index (χ4n) is 3.47. The number of unbranched alkanes of at least 4 members (excludes halogenated alkanes) is 1. The van der Waals surface area contributed by atoms with Crippen LogP contribution in [0, 0.1) is 0 Å². The number of tetrazole rings is 1. The Kier molecular flexibility index (Phi) is 7.14. The summed E-state index contributed by atoms with van der Waals surface area (Å²) in [5.74, 6) is 1.89. The fraction of sp³-hybridized carbons (Fsp3) is 0.304. The lowest BCUT2D eigenvalue weighted by atomic mass is 9.97. The van der Waals surface area contributed by atoms with Crippen LogP contribution < -0.4 is 4.74 Å². The number of H-pyrrole nitrogens is 2. The third kappa shape index (κ3) is 5.15. The van der Waals surface area contributed by atoms with Crippen LogP contribution in [0.4, 0.5) is 0 Å². The summed E-state index contributed by atoms with van der Waals surface area (Å²) in [6.45, 7) is 2.50. The van der Waals surface area contributed by atoms with E-state index < -0.39 is 0 Å². The summed E-state index contributed by atoms with van der Waals surface area (Å²) in [4.78, 5) is 7.70. The van der Waals surface area contributed by atoms with Crippen LogP contribution in [-0.2, 0) is 13.0 Å². The molecule has 9 heteroatoms. The molecule has 8 nitrogen and oxygen atoms in total. The molecule has 0 saturated heterocycles. The number of hydrogen-bond acceptors (Lipinski definition) is 6. The number of rotatable bonds is 10. The quantitative estimate of drug-likeness (QED) is 0.331. The molecule has 0 radical (unpaired) electrons. The fourth-order valence-corrected chi connectivity index (χ4v) is 3.75. The van der Waals surface area contributed by atoms with Gasteiger partial charge in [0.2, 0.25) is 5.82 Å². The minimum Gasteiger partial charge on any atom is -0.489 e. The van der Waals surface area contributed by atoms with Gasteiger partial charge in [0.1, 0.15) is 18.2 Å². The molecule has 32 heavy (non-hydrogen) atoms.